The normalized spacial score (nSPS) is 14.4. The molecule has 0 atom stereocenters. The number of halogens is 1. The van der Waals surface area contributed by atoms with Crippen molar-refractivity contribution in [1.29, 1.82) is 0 Å². The molecule has 32 heavy (non-hydrogen) atoms. The van der Waals surface area contributed by atoms with E-state index in [0.29, 0.717) is 22.9 Å². The summed E-state index contributed by atoms with van der Waals surface area (Å²) in [6.45, 7) is 4.39. The maximum Gasteiger partial charge on any atom is 0.336 e. The maximum absolute atomic E-state index is 12.1. The van der Waals surface area contributed by atoms with Crippen LogP contribution in [0.5, 0.6) is 0 Å². The molecule has 1 saturated heterocycles. The Bertz CT molecular complexity index is 1290. The van der Waals surface area contributed by atoms with Crippen LogP contribution in [-0.2, 0) is 12.3 Å². The summed E-state index contributed by atoms with van der Waals surface area (Å²) in [5.74, 6) is 2.25. The smallest absolute Gasteiger partial charge is 0.336 e. The summed E-state index contributed by atoms with van der Waals surface area (Å²) in [4.78, 5) is 14.4. The number of anilines is 1. The van der Waals surface area contributed by atoms with Crippen molar-refractivity contribution in [3.05, 3.63) is 68.9 Å². The lowest BCUT2D eigenvalue weighted by atomic mass is 10.1. The number of piperidine rings is 1. The van der Waals surface area contributed by atoms with Gasteiger partial charge in [-0.05, 0) is 61.6 Å². The molecule has 3 aromatic heterocycles. The van der Waals surface area contributed by atoms with Gasteiger partial charge in [0, 0.05) is 35.3 Å². The predicted molar refractivity (Wildman–Crippen MR) is 126 cm³/mol. The van der Waals surface area contributed by atoms with E-state index in [1.54, 1.807) is 12.3 Å². The van der Waals surface area contributed by atoms with Crippen LogP contribution in [0.4, 0.5) is 5.95 Å². The van der Waals surface area contributed by atoms with E-state index in [2.05, 4.69) is 19.7 Å². The lowest BCUT2D eigenvalue weighted by molar-refractivity contribution is 0.479. The van der Waals surface area contributed by atoms with Crippen molar-refractivity contribution >= 4 is 40.3 Å². The van der Waals surface area contributed by atoms with Gasteiger partial charge in [-0.15, -0.1) is 10.2 Å². The third kappa shape index (κ3) is 4.29. The number of thioether (sulfide) groups is 1. The van der Waals surface area contributed by atoms with Gasteiger partial charge in [-0.2, -0.15) is 0 Å². The fourth-order valence-electron chi connectivity index (χ4n) is 4.02. The van der Waals surface area contributed by atoms with E-state index >= 15 is 0 Å². The zero-order valence-corrected chi connectivity index (χ0v) is 19.3. The summed E-state index contributed by atoms with van der Waals surface area (Å²) in [6.07, 6.45) is 5.23. The van der Waals surface area contributed by atoms with Crippen LogP contribution in [0, 0.1) is 6.92 Å². The van der Waals surface area contributed by atoms with Crippen LogP contribution in [0.25, 0.3) is 11.0 Å². The van der Waals surface area contributed by atoms with Crippen LogP contribution in [-0.4, -0.2) is 27.9 Å². The number of benzene rings is 1. The average molecular weight is 471 g/mol. The first-order chi connectivity index (χ1) is 15.6. The Labute approximate surface area is 194 Å². The van der Waals surface area contributed by atoms with Crippen LogP contribution in [0.15, 0.2) is 55.4 Å². The summed E-state index contributed by atoms with van der Waals surface area (Å²) in [5, 5.41) is 11.3. The fraction of sp³-hybridized carbons (Fsp3) is 0.348. The van der Waals surface area contributed by atoms with Crippen molar-refractivity contribution < 1.29 is 8.83 Å². The van der Waals surface area contributed by atoms with Gasteiger partial charge in [-0.1, -0.05) is 23.4 Å². The van der Waals surface area contributed by atoms with Crippen molar-refractivity contribution in [2.45, 2.75) is 43.6 Å². The van der Waals surface area contributed by atoms with E-state index in [-0.39, 0.29) is 5.63 Å². The molecule has 0 radical (unpaired) electrons. The minimum atomic E-state index is -0.374. The molecule has 9 heteroatoms. The first-order valence-corrected chi connectivity index (χ1v) is 12.0. The van der Waals surface area contributed by atoms with Crippen molar-refractivity contribution in [3.63, 3.8) is 0 Å². The second kappa shape index (κ2) is 9.03. The van der Waals surface area contributed by atoms with E-state index in [9.17, 15) is 4.79 Å². The number of hydrogen-bond donors (Lipinski definition) is 0. The van der Waals surface area contributed by atoms with Crippen molar-refractivity contribution in [1.82, 2.24) is 14.8 Å². The molecule has 1 fully saturated rings. The predicted octanol–water partition coefficient (Wildman–Crippen LogP) is 5.27. The first kappa shape index (κ1) is 21.2. The number of fused-ring (bicyclic) bond motifs is 1. The molecule has 166 valence electrons. The highest BCUT2D eigenvalue weighted by Gasteiger charge is 2.21. The molecule has 1 aliphatic rings. The Kier molecular flexibility index (Phi) is 5.97. The van der Waals surface area contributed by atoms with Gasteiger partial charge >= 0.3 is 5.63 Å². The van der Waals surface area contributed by atoms with Gasteiger partial charge in [0.2, 0.25) is 5.95 Å². The minimum absolute atomic E-state index is 0.374. The first-order valence-electron chi connectivity index (χ1n) is 10.6. The number of furan rings is 1. The lowest BCUT2D eigenvalue weighted by Gasteiger charge is -2.27. The van der Waals surface area contributed by atoms with Crippen LogP contribution in [0.2, 0.25) is 5.02 Å². The van der Waals surface area contributed by atoms with E-state index in [1.165, 1.54) is 24.2 Å². The molecule has 1 aromatic carbocycles. The van der Waals surface area contributed by atoms with Crippen LogP contribution in [0.3, 0.4) is 0 Å². The van der Waals surface area contributed by atoms with Crippen molar-refractivity contribution in [2.24, 2.45) is 0 Å². The highest BCUT2D eigenvalue weighted by molar-refractivity contribution is 7.98. The van der Waals surface area contributed by atoms with Crippen molar-refractivity contribution in [2.75, 3.05) is 18.0 Å². The standard InChI is InChI=1S/C23H23ClN4O3S/c1-15-10-20-18(12-19(15)24)16(11-21(29)31-20)14-32-23-26-25-22(27-7-3-2-4-8-27)28(23)13-17-6-5-9-30-17/h5-6,9-12H,2-4,7-8,13-14H2,1H3. The summed E-state index contributed by atoms with van der Waals surface area (Å²) in [6, 6.07) is 9.03. The zero-order valence-electron chi connectivity index (χ0n) is 17.7. The zero-order chi connectivity index (χ0) is 22.1. The van der Waals surface area contributed by atoms with Crippen LogP contribution < -0.4 is 10.5 Å². The van der Waals surface area contributed by atoms with E-state index in [1.807, 2.05) is 25.1 Å². The number of aromatic nitrogens is 3. The summed E-state index contributed by atoms with van der Waals surface area (Å²) >= 11 is 7.88. The Morgan fingerprint density at radius 3 is 2.78 bits per heavy atom. The molecule has 0 amide bonds. The molecule has 5 rings (SSSR count). The van der Waals surface area contributed by atoms with Crippen LogP contribution in [0.1, 0.15) is 36.1 Å². The molecule has 7 nitrogen and oxygen atoms in total. The van der Waals surface area contributed by atoms with Gasteiger partial charge in [-0.25, -0.2) is 4.79 Å². The van der Waals surface area contributed by atoms with Crippen LogP contribution >= 0.6 is 23.4 Å². The van der Waals surface area contributed by atoms with Gasteiger partial charge < -0.3 is 13.7 Å². The monoisotopic (exact) mass is 470 g/mol. The largest absolute Gasteiger partial charge is 0.467 e. The number of rotatable bonds is 6. The molecular formula is C23H23ClN4O3S. The third-order valence-corrected chi connectivity index (χ3v) is 7.12. The summed E-state index contributed by atoms with van der Waals surface area (Å²) in [7, 11) is 0. The average Bonchev–Trinajstić information content (AvgIpc) is 3.44. The molecule has 0 saturated carbocycles. The second-order valence-electron chi connectivity index (χ2n) is 7.97. The molecule has 1 aliphatic heterocycles. The van der Waals surface area contributed by atoms with E-state index in [0.717, 1.165) is 59.3 Å². The fourth-order valence-corrected chi connectivity index (χ4v) is 5.11. The molecular weight excluding hydrogens is 448 g/mol. The van der Waals surface area contributed by atoms with Gasteiger partial charge in [0.05, 0.1) is 12.8 Å². The highest BCUT2D eigenvalue weighted by atomic mass is 35.5. The van der Waals surface area contributed by atoms with E-state index in [4.69, 9.17) is 20.4 Å². The molecule has 0 aliphatic carbocycles. The number of nitrogens with zero attached hydrogens (tertiary/aromatic N) is 4. The molecule has 0 spiro atoms. The van der Waals surface area contributed by atoms with Gasteiger partial charge in [0.1, 0.15) is 11.3 Å². The second-order valence-corrected chi connectivity index (χ2v) is 9.32. The maximum atomic E-state index is 12.1. The van der Waals surface area contributed by atoms with Crippen molar-refractivity contribution in [3.8, 4) is 0 Å². The van der Waals surface area contributed by atoms with E-state index < -0.39 is 0 Å². The van der Waals surface area contributed by atoms with Gasteiger partial charge in [-0.3, -0.25) is 4.57 Å². The Balaban J connectivity index is 1.47. The highest BCUT2D eigenvalue weighted by Crippen LogP contribution is 2.31. The quantitative estimate of drug-likeness (QED) is 0.280. The molecule has 4 heterocycles. The Morgan fingerprint density at radius 1 is 1.16 bits per heavy atom. The molecule has 0 unspecified atom stereocenters. The SMILES string of the molecule is Cc1cc2oc(=O)cc(CSc3nnc(N4CCCCC4)n3Cc3ccco3)c2cc1Cl. The molecule has 0 bridgehead atoms. The third-order valence-electron chi connectivity index (χ3n) is 5.70. The van der Waals surface area contributed by atoms with Gasteiger partial charge in [0.15, 0.2) is 5.16 Å². The molecule has 4 aromatic rings. The Morgan fingerprint density at radius 2 is 2.00 bits per heavy atom. The minimum Gasteiger partial charge on any atom is -0.467 e. The van der Waals surface area contributed by atoms with Gasteiger partial charge in [0.25, 0.3) is 0 Å². The Hall–Kier alpha value is -2.71. The summed E-state index contributed by atoms with van der Waals surface area (Å²) < 4.78 is 13.1. The number of hydrogen-bond acceptors (Lipinski definition) is 7. The number of aryl methyl sites for hydroxylation is 1. The summed E-state index contributed by atoms with van der Waals surface area (Å²) in [5.41, 5.74) is 1.90. The topological polar surface area (TPSA) is 77.3 Å². The lowest BCUT2D eigenvalue weighted by Crippen LogP contribution is -2.32. The molecule has 0 N–H and O–H groups in total.